The Labute approximate surface area is 159 Å². The van der Waals surface area contributed by atoms with Gasteiger partial charge in [0.15, 0.2) is 5.65 Å². The topological polar surface area (TPSA) is 86.1 Å². The van der Waals surface area contributed by atoms with E-state index in [4.69, 9.17) is 4.98 Å². The third-order valence-corrected chi connectivity index (χ3v) is 4.89. The molecule has 0 bridgehead atoms. The maximum atomic E-state index is 12.8. The molecule has 2 heterocycles. The van der Waals surface area contributed by atoms with Crippen molar-refractivity contribution in [3.63, 3.8) is 0 Å². The van der Waals surface area contributed by atoms with Gasteiger partial charge in [-0.3, -0.25) is 9.59 Å². The van der Waals surface area contributed by atoms with Crippen LogP contribution in [0.4, 0.5) is 0 Å². The molecule has 3 rings (SSSR count). The van der Waals surface area contributed by atoms with E-state index in [2.05, 4.69) is 29.0 Å². The quantitative estimate of drug-likeness (QED) is 0.539. The van der Waals surface area contributed by atoms with E-state index in [1.54, 1.807) is 6.20 Å². The Balaban J connectivity index is 1.66. The van der Waals surface area contributed by atoms with E-state index in [1.807, 2.05) is 10.7 Å². The molecule has 146 valence electrons. The molecule has 0 atom stereocenters. The van der Waals surface area contributed by atoms with Gasteiger partial charge >= 0.3 is 5.97 Å². The van der Waals surface area contributed by atoms with Gasteiger partial charge in [-0.05, 0) is 45.6 Å². The van der Waals surface area contributed by atoms with Crippen LogP contribution in [-0.2, 0) is 9.53 Å². The molecule has 7 heteroatoms. The van der Waals surface area contributed by atoms with Crippen molar-refractivity contribution in [2.75, 3.05) is 13.7 Å². The van der Waals surface area contributed by atoms with Crippen molar-refractivity contribution in [3.8, 4) is 0 Å². The van der Waals surface area contributed by atoms with E-state index in [1.165, 1.54) is 7.11 Å². The van der Waals surface area contributed by atoms with Gasteiger partial charge in [0.1, 0.15) is 0 Å². The van der Waals surface area contributed by atoms with Gasteiger partial charge in [0.25, 0.3) is 5.91 Å². The number of fused-ring (bicyclic) bond motifs is 1. The molecule has 0 aliphatic heterocycles. The molecule has 0 radical (unpaired) electrons. The van der Waals surface area contributed by atoms with Crippen LogP contribution >= 0.6 is 0 Å². The third-order valence-electron chi connectivity index (χ3n) is 4.89. The number of unbranched alkanes of at least 4 members (excludes halogenated alkanes) is 2. The van der Waals surface area contributed by atoms with Gasteiger partial charge in [0.2, 0.25) is 0 Å². The Hall–Kier alpha value is -2.44. The number of hydrogen-bond acceptors (Lipinski definition) is 5. The summed E-state index contributed by atoms with van der Waals surface area (Å²) in [6.07, 6.45) is 6.91. The molecule has 1 saturated carbocycles. The minimum absolute atomic E-state index is 0.0828. The first kappa shape index (κ1) is 19.3. The lowest BCUT2D eigenvalue weighted by molar-refractivity contribution is -0.140. The summed E-state index contributed by atoms with van der Waals surface area (Å²) in [4.78, 5) is 28.7. The van der Waals surface area contributed by atoms with Crippen molar-refractivity contribution in [1.29, 1.82) is 0 Å². The standard InChI is InChI=1S/C20H28N4O3/c1-13(2)24-19-16(12-22-24)15(11-17(23-19)14-8-9-14)20(26)21-10-6-4-5-7-18(25)27-3/h11-14H,4-10H2,1-3H3,(H,21,26). The summed E-state index contributed by atoms with van der Waals surface area (Å²) in [6.45, 7) is 4.71. The monoisotopic (exact) mass is 372 g/mol. The normalized spacial score (nSPS) is 13.9. The van der Waals surface area contributed by atoms with Crippen LogP contribution in [0.1, 0.15) is 80.4 Å². The number of pyridine rings is 1. The van der Waals surface area contributed by atoms with Gasteiger partial charge in [-0.1, -0.05) is 6.42 Å². The first-order valence-corrected chi connectivity index (χ1v) is 9.74. The number of esters is 1. The minimum atomic E-state index is -0.187. The number of nitrogens with zero attached hydrogens (tertiary/aromatic N) is 3. The average molecular weight is 372 g/mol. The fraction of sp³-hybridized carbons (Fsp3) is 0.600. The average Bonchev–Trinajstić information content (AvgIpc) is 3.41. The number of carbonyl (C=O) groups is 2. The maximum Gasteiger partial charge on any atom is 0.305 e. The van der Waals surface area contributed by atoms with Crippen molar-refractivity contribution in [1.82, 2.24) is 20.1 Å². The molecule has 1 amide bonds. The Kier molecular flexibility index (Phi) is 6.08. The molecule has 0 spiro atoms. The second-order valence-electron chi connectivity index (χ2n) is 7.43. The van der Waals surface area contributed by atoms with Crippen molar-refractivity contribution < 1.29 is 14.3 Å². The minimum Gasteiger partial charge on any atom is -0.469 e. The molecule has 1 fully saturated rings. The van der Waals surface area contributed by atoms with Crippen molar-refractivity contribution in [2.24, 2.45) is 0 Å². The smallest absolute Gasteiger partial charge is 0.305 e. The molecule has 2 aromatic heterocycles. The van der Waals surface area contributed by atoms with E-state index in [-0.39, 0.29) is 17.9 Å². The van der Waals surface area contributed by atoms with Gasteiger partial charge in [-0.25, -0.2) is 9.67 Å². The van der Waals surface area contributed by atoms with Crippen molar-refractivity contribution in [2.45, 2.75) is 64.3 Å². The van der Waals surface area contributed by atoms with E-state index < -0.39 is 0 Å². The molecule has 0 unspecified atom stereocenters. The second-order valence-corrected chi connectivity index (χ2v) is 7.43. The van der Waals surface area contributed by atoms with E-state index >= 15 is 0 Å². The lowest BCUT2D eigenvalue weighted by atomic mass is 10.1. The van der Waals surface area contributed by atoms with Crippen molar-refractivity contribution in [3.05, 3.63) is 23.5 Å². The second kappa shape index (κ2) is 8.50. The highest BCUT2D eigenvalue weighted by molar-refractivity contribution is 6.05. The van der Waals surface area contributed by atoms with Gasteiger partial charge < -0.3 is 10.1 Å². The summed E-state index contributed by atoms with van der Waals surface area (Å²) < 4.78 is 6.51. The molecule has 2 aromatic rings. The lowest BCUT2D eigenvalue weighted by Crippen LogP contribution is -2.25. The Bertz CT molecular complexity index is 824. The fourth-order valence-electron chi connectivity index (χ4n) is 3.16. The Morgan fingerprint density at radius 3 is 2.74 bits per heavy atom. The van der Waals surface area contributed by atoms with Crippen LogP contribution in [-0.4, -0.2) is 40.3 Å². The third kappa shape index (κ3) is 4.64. The SMILES string of the molecule is COC(=O)CCCCCNC(=O)c1cc(C2CC2)nc2c1cnn2C(C)C. The summed E-state index contributed by atoms with van der Waals surface area (Å²) in [5.74, 6) is 0.198. The Morgan fingerprint density at radius 2 is 2.07 bits per heavy atom. The first-order chi connectivity index (χ1) is 13.0. The molecule has 0 saturated heterocycles. The number of ether oxygens (including phenoxy) is 1. The summed E-state index contributed by atoms with van der Waals surface area (Å²) in [5.41, 5.74) is 2.44. The molecular formula is C20H28N4O3. The van der Waals surface area contributed by atoms with E-state index in [0.29, 0.717) is 24.4 Å². The van der Waals surface area contributed by atoms with Gasteiger partial charge in [0.05, 0.1) is 24.3 Å². The number of hydrogen-bond donors (Lipinski definition) is 1. The molecule has 7 nitrogen and oxygen atoms in total. The molecule has 1 aliphatic carbocycles. The van der Waals surface area contributed by atoms with E-state index in [9.17, 15) is 9.59 Å². The van der Waals surface area contributed by atoms with Crippen LogP contribution in [0.5, 0.6) is 0 Å². The van der Waals surface area contributed by atoms with Crippen LogP contribution in [0.25, 0.3) is 11.0 Å². The molecule has 0 aromatic carbocycles. The molecule has 1 N–H and O–H groups in total. The van der Waals surface area contributed by atoms with Gasteiger partial charge in [-0.2, -0.15) is 5.10 Å². The van der Waals surface area contributed by atoms with Crippen LogP contribution in [0.3, 0.4) is 0 Å². The largest absolute Gasteiger partial charge is 0.469 e. The maximum absolute atomic E-state index is 12.8. The number of aromatic nitrogens is 3. The predicted octanol–water partition coefficient (Wildman–Crippen LogP) is 3.35. The predicted molar refractivity (Wildman–Crippen MR) is 103 cm³/mol. The van der Waals surface area contributed by atoms with Crippen LogP contribution < -0.4 is 5.32 Å². The number of rotatable bonds is 9. The van der Waals surface area contributed by atoms with Crippen LogP contribution in [0.2, 0.25) is 0 Å². The first-order valence-electron chi connectivity index (χ1n) is 9.74. The van der Waals surface area contributed by atoms with Gasteiger partial charge in [0, 0.05) is 30.6 Å². The summed E-state index contributed by atoms with van der Waals surface area (Å²) in [6, 6.07) is 2.12. The van der Waals surface area contributed by atoms with Crippen LogP contribution in [0, 0.1) is 0 Å². The van der Waals surface area contributed by atoms with E-state index in [0.717, 1.165) is 48.8 Å². The molecule has 1 aliphatic rings. The zero-order valence-electron chi connectivity index (χ0n) is 16.3. The number of methoxy groups -OCH3 is 1. The number of carbonyl (C=O) groups excluding carboxylic acids is 2. The highest BCUT2D eigenvalue weighted by Crippen LogP contribution is 2.40. The van der Waals surface area contributed by atoms with Crippen LogP contribution in [0.15, 0.2) is 12.3 Å². The summed E-state index contributed by atoms with van der Waals surface area (Å²) >= 11 is 0. The summed E-state index contributed by atoms with van der Waals surface area (Å²) in [7, 11) is 1.40. The zero-order valence-corrected chi connectivity index (χ0v) is 16.3. The number of amides is 1. The highest BCUT2D eigenvalue weighted by atomic mass is 16.5. The van der Waals surface area contributed by atoms with Crippen molar-refractivity contribution >= 4 is 22.9 Å². The highest BCUT2D eigenvalue weighted by Gasteiger charge is 2.28. The lowest BCUT2D eigenvalue weighted by Gasteiger charge is -2.10. The summed E-state index contributed by atoms with van der Waals surface area (Å²) in [5, 5.41) is 8.23. The zero-order chi connectivity index (χ0) is 19.4. The molecule has 27 heavy (non-hydrogen) atoms. The fourth-order valence-corrected chi connectivity index (χ4v) is 3.16. The Morgan fingerprint density at radius 1 is 1.30 bits per heavy atom. The molecular weight excluding hydrogens is 344 g/mol. The number of nitrogens with one attached hydrogen (secondary N) is 1. The van der Waals surface area contributed by atoms with Gasteiger partial charge in [-0.15, -0.1) is 0 Å².